The van der Waals surface area contributed by atoms with Gasteiger partial charge in [-0.1, -0.05) is 30.9 Å². The van der Waals surface area contributed by atoms with Crippen molar-refractivity contribution in [2.24, 2.45) is 11.8 Å². The van der Waals surface area contributed by atoms with Gasteiger partial charge in [-0.05, 0) is 36.8 Å². The van der Waals surface area contributed by atoms with Crippen LogP contribution in [-0.2, 0) is 0 Å². The van der Waals surface area contributed by atoms with E-state index in [1.807, 2.05) is 0 Å². The lowest BCUT2D eigenvalue weighted by molar-refractivity contribution is 0.0697. The number of carboxylic acid groups (broad SMARTS) is 1. The van der Waals surface area contributed by atoms with Crippen molar-refractivity contribution >= 4 is 28.9 Å². The van der Waals surface area contributed by atoms with Crippen LogP contribution in [0.3, 0.4) is 0 Å². The third kappa shape index (κ3) is 2.82. The van der Waals surface area contributed by atoms with Crippen LogP contribution in [0.2, 0.25) is 5.02 Å². The molecule has 2 atom stereocenters. The van der Waals surface area contributed by atoms with Gasteiger partial charge < -0.3 is 15.7 Å². The molecule has 2 aliphatic rings. The average molecular weight is 309 g/mol. The van der Waals surface area contributed by atoms with Crippen molar-refractivity contribution < 1.29 is 9.90 Å². The fourth-order valence-electron chi connectivity index (χ4n) is 3.91. The molecular formula is C16H21ClN2O2. The molecule has 1 aromatic carbocycles. The average Bonchev–Trinajstić information content (AvgIpc) is 2.46. The number of halogens is 1. The number of carboxylic acids is 1. The summed E-state index contributed by atoms with van der Waals surface area (Å²) in [7, 11) is 0. The molecule has 0 amide bonds. The van der Waals surface area contributed by atoms with E-state index in [-0.39, 0.29) is 5.56 Å². The Morgan fingerprint density at radius 2 is 1.95 bits per heavy atom. The van der Waals surface area contributed by atoms with Crippen LogP contribution < -0.4 is 10.6 Å². The van der Waals surface area contributed by atoms with Crippen molar-refractivity contribution in [1.82, 2.24) is 0 Å². The first-order valence-corrected chi connectivity index (χ1v) is 8.01. The number of anilines is 2. The summed E-state index contributed by atoms with van der Waals surface area (Å²) >= 11 is 6.30. The highest BCUT2D eigenvalue weighted by atomic mass is 35.5. The molecule has 2 unspecified atom stereocenters. The van der Waals surface area contributed by atoms with Gasteiger partial charge in [-0.15, -0.1) is 0 Å². The minimum atomic E-state index is -0.968. The first kappa shape index (κ1) is 14.5. The third-order valence-electron chi connectivity index (χ3n) is 4.92. The topological polar surface area (TPSA) is 66.6 Å². The molecule has 1 heterocycles. The molecular weight excluding hydrogens is 288 g/mol. The second-order valence-electron chi connectivity index (χ2n) is 6.24. The van der Waals surface area contributed by atoms with Gasteiger partial charge in [-0.25, -0.2) is 4.79 Å². The Kier molecular flexibility index (Phi) is 3.98. The molecule has 1 aliphatic heterocycles. The molecule has 1 aromatic rings. The summed E-state index contributed by atoms with van der Waals surface area (Å²) in [5, 5.41) is 9.88. The highest BCUT2D eigenvalue weighted by Crippen LogP contribution is 2.40. The van der Waals surface area contributed by atoms with Crippen LogP contribution >= 0.6 is 11.6 Å². The van der Waals surface area contributed by atoms with Crippen molar-refractivity contribution in [2.75, 3.05) is 23.7 Å². The number of hydrogen-bond donors (Lipinski definition) is 2. The summed E-state index contributed by atoms with van der Waals surface area (Å²) in [6.45, 7) is 1.79. The lowest BCUT2D eigenvalue weighted by Crippen LogP contribution is -2.42. The normalized spacial score (nSPS) is 25.5. The largest absolute Gasteiger partial charge is 0.478 e. The number of nitrogens with two attached hydrogens (primary N) is 1. The molecule has 1 saturated heterocycles. The molecule has 0 spiro atoms. The summed E-state index contributed by atoms with van der Waals surface area (Å²) in [5.74, 6) is 0.503. The molecule has 3 N–H and O–H groups in total. The van der Waals surface area contributed by atoms with E-state index in [2.05, 4.69) is 4.90 Å². The number of rotatable bonds is 2. The van der Waals surface area contributed by atoms with Gasteiger partial charge in [0.1, 0.15) is 0 Å². The molecule has 2 fully saturated rings. The van der Waals surface area contributed by atoms with Gasteiger partial charge in [-0.3, -0.25) is 0 Å². The Bertz CT molecular complexity index is 561. The van der Waals surface area contributed by atoms with E-state index in [0.29, 0.717) is 22.3 Å². The van der Waals surface area contributed by atoms with Crippen molar-refractivity contribution in [2.45, 2.75) is 32.1 Å². The SMILES string of the molecule is Nc1cc(Cl)c(N2CCC3CCCCC3C2)c(C(=O)O)c1. The molecule has 0 aromatic heterocycles. The number of nitrogens with zero attached hydrogens (tertiary/aromatic N) is 1. The number of hydrogen-bond acceptors (Lipinski definition) is 3. The summed E-state index contributed by atoms with van der Waals surface area (Å²) in [6, 6.07) is 3.16. The molecule has 3 rings (SSSR count). The maximum atomic E-state index is 11.5. The van der Waals surface area contributed by atoms with Crippen LogP contribution in [0.1, 0.15) is 42.5 Å². The predicted molar refractivity (Wildman–Crippen MR) is 85.1 cm³/mol. The van der Waals surface area contributed by atoms with Crippen LogP contribution in [0.5, 0.6) is 0 Å². The summed E-state index contributed by atoms with van der Waals surface area (Å²) in [6.07, 6.45) is 6.32. The standard InChI is InChI=1S/C16H21ClN2O2/c17-14-8-12(18)7-13(16(20)21)15(14)19-6-5-10-3-1-2-4-11(10)9-19/h7-8,10-11H,1-6,9,18H2,(H,20,21). The monoisotopic (exact) mass is 308 g/mol. The van der Waals surface area contributed by atoms with Gasteiger partial charge >= 0.3 is 5.97 Å². The second-order valence-corrected chi connectivity index (χ2v) is 6.65. The van der Waals surface area contributed by atoms with E-state index in [9.17, 15) is 9.90 Å². The van der Waals surface area contributed by atoms with Gasteiger partial charge in [0.25, 0.3) is 0 Å². The number of fused-ring (bicyclic) bond motifs is 1. The summed E-state index contributed by atoms with van der Waals surface area (Å²) in [5.41, 5.74) is 6.99. The maximum absolute atomic E-state index is 11.5. The van der Waals surface area contributed by atoms with Gasteiger partial charge in [-0.2, -0.15) is 0 Å². The molecule has 21 heavy (non-hydrogen) atoms. The maximum Gasteiger partial charge on any atom is 0.337 e. The smallest absolute Gasteiger partial charge is 0.337 e. The minimum absolute atomic E-state index is 0.217. The number of piperidine rings is 1. The van der Waals surface area contributed by atoms with E-state index >= 15 is 0 Å². The Hall–Kier alpha value is -1.42. The Labute approximate surface area is 129 Å². The molecule has 0 radical (unpaired) electrons. The summed E-state index contributed by atoms with van der Waals surface area (Å²) in [4.78, 5) is 13.7. The van der Waals surface area contributed by atoms with Crippen molar-refractivity contribution in [3.63, 3.8) is 0 Å². The lowest BCUT2D eigenvalue weighted by Gasteiger charge is -2.43. The van der Waals surface area contributed by atoms with E-state index in [1.165, 1.54) is 31.7 Å². The van der Waals surface area contributed by atoms with Crippen LogP contribution in [-0.4, -0.2) is 24.2 Å². The first-order valence-electron chi connectivity index (χ1n) is 7.63. The Morgan fingerprint density at radius 3 is 2.67 bits per heavy atom. The molecule has 4 nitrogen and oxygen atoms in total. The summed E-state index contributed by atoms with van der Waals surface area (Å²) < 4.78 is 0. The highest BCUT2D eigenvalue weighted by Gasteiger charge is 2.33. The first-order chi connectivity index (χ1) is 10.1. The predicted octanol–water partition coefficient (Wildman–Crippen LogP) is 3.64. The number of carbonyl (C=O) groups is 1. The second kappa shape index (κ2) is 5.76. The quantitative estimate of drug-likeness (QED) is 0.819. The van der Waals surface area contributed by atoms with Crippen molar-refractivity contribution in [3.8, 4) is 0 Å². The van der Waals surface area contributed by atoms with Gasteiger partial charge in [0.15, 0.2) is 0 Å². The van der Waals surface area contributed by atoms with E-state index < -0.39 is 5.97 Å². The van der Waals surface area contributed by atoms with E-state index in [0.717, 1.165) is 25.4 Å². The van der Waals surface area contributed by atoms with Crippen molar-refractivity contribution in [1.29, 1.82) is 0 Å². The number of benzene rings is 1. The van der Waals surface area contributed by atoms with Crippen LogP contribution in [0.4, 0.5) is 11.4 Å². The molecule has 5 heteroatoms. The number of nitrogen functional groups attached to an aromatic ring is 1. The zero-order chi connectivity index (χ0) is 15.0. The number of aromatic carboxylic acids is 1. The fraction of sp³-hybridized carbons (Fsp3) is 0.562. The van der Waals surface area contributed by atoms with Crippen LogP contribution in [0.25, 0.3) is 0 Å². The molecule has 114 valence electrons. The zero-order valence-corrected chi connectivity index (χ0v) is 12.8. The van der Waals surface area contributed by atoms with Gasteiger partial charge in [0.2, 0.25) is 0 Å². The van der Waals surface area contributed by atoms with Gasteiger partial charge in [0, 0.05) is 18.8 Å². The minimum Gasteiger partial charge on any atom is -0.478 e. The Morgan fingerprint density at radius 1 is 1.24 bits per heavy atom. The fourth-order valence-corrected chi connectivity index (χ4v) is 4.26. The van der Waals surface area contributed by atoms with Crippen molar-refractivity contribution in [3.05, 3.63) is 22.7 Å². The van der Waals surface area contributed by atoms with Crippen LogP contribution in [0, 0.1) is 11.8 Å². The molecule has 0 bridgehead atoms. The van der Waals surface area contributed by atoms with Gasteiger partial charge in [0.05, 0.1) is 16.3 Å². The van der Waals surface area contributed by atoms with E-state index in [4.69, 9.17) is 17.3 Å². The lowest BCUT2D eigenvalue weighted by atomic mass is 9.75. The molecule has 1 saturated carbocycles. The van der Waals surface area contributed by atoms with E-state index in [1.54, 1.807) is 6.07 Å². The molecule has 1 aliphatic carbocycles. The third-order valence-corrected chi connectivity index (χ3v) is 5.21. The zero-order valence-electron chi connectivity index (χ0n) is 12.0. The van der Waals surface area contributed by atoms with Crippen LogP contribution in [0.15, 0.2) is 12.1 Å². The highest BCUT2D eigenvalue weighted by molar-refractivity contribution is 6.34. The Balaban J connectivity index is 1.91.